The summed E-state index contributed by atoms with van der Waals surface area (Å²) in [6.45, 7) is 8.74. The van der Waals surface area contributed by atoms with Gasteiger partial charge in [-0.3, -0.25) is 9.79 Å². The lowest BCUT2D eigenvalue weighted by Crippen LogP contribution is -2.37. The van der Waals surface area contributed by atoms with Crippen LogP contribution in [0.1, 0.15) is 55.7 Å². The van der Waals surface area contributed by atoms with Gasteiger partial charge in [-0.2, -0.15) is 0 Å². The number of aryl methyl sites for hydroxylation is 1. The molecular weight excluding hydrogens is 434 g/mol. The zero-order valence-corrected chi connectivity index (χ0v) is 20.3. The highest BCUT2D eigenvalue weighted by atomic mass is 32.1. The van der Waals surface area contributed by atoms with E-state index < -0.39 is 0 Å². The first-order chi connectivity index (χ1) is 15.9. The Morgan fingerprint density at radius 2 is 2.06 bits per heavy atom. The van der Waals surface area contributed by atoms with Gasteiger partial charge in [0.15, 0.2) is 0 Å². The number of nitrogens with one attached hydrogen (secondary N) is 2. The molecule has 1 unspecified atom stereocenters. The number of hydrogen-bond donors (Lipinski definition) is 2. The molecule has 3 aromatic rings. The molecule has 2 aliphatic rings. The van der Waals surface area contributed by atoms with Crippen LogP contribution in [0.25, 0.3) is 10.2 Å². The Bertz CT molecular complexity index is 1250. The molecule has 0 fully saturated rings. The number of amides is 1. The summed E-state index contributed by atoms with van der Waals surface area (Å²) in [5.41, 5.74) is 4.41. The molecule has 0 bridgehead atoms. The van der Waals surface area contributed by atoms with Gasteiger partial charge < -0.3 is 15.4 Å². The number of fused-ring (bicyclic) bond motifs is 4. The fraction of sp³-hybridized carbons (Fsp3) is 0.440. The van der Waals surface area contributed by atoms with Crippen LogP contribution in [0.15, 0.2) is 23.5 Å². The number of nitrogens with zero attached hydrogens (tertiary/aromatic N) is 3. The Morgan fingerprint density at radius 3 is 2.85 bits per heavy atom. The van der Waals surface area contributed by atoms with Gasteiger partial charge in [-0.25, -0.2) is 9.97 Å². The van der Waals surface area contributed by atoms with E-state index in [1.165, 1.54) is 16.0 Å². The van der Waals surface area contributed by atoms with Crippen molar-refractivity contribution in [3.8, 4) is 5.75 Å². The Hall–Kier alpha value is -3.00. The van der Waals surface area contributed by atoms with Gasteiger partial charge in [0.05, 0.1) is 23.7 Å². The van der Waals surface area contributed by atoms with Crippen LogP contribution in [-0.4, -0.2) is 34.2 Å². The molecule has 0 spiro atoms. The molecule has 172 valence electrons. The van der Waals surface area contributed by atoms with Crippen molar-refractivity contribution in [1.29, 1.82) is 0 Å². The molecule has 7 nitrogen and oxygen atoms in total. The summed E-state index contributed by atoms with van der Waals surface area (Å²) in [6, 6.07) is 4.31. The Balaban J connectivity index is 1.49. The topological polar surface area (TPSA) is 88.5 Å². The number of anilines is 2. The van der Waals surface area contributed by atoms with Crippen molar-refractivity contribution in [3.63, 3.8) is 0 Å². The van der Waals surface area contributed by atoms with Gasteiger partial charge in [0.2, 0.25) is 5.91 Å². The van der Waals surface area contributed by atoms with Crippen LogP contribution in [0.5, 0.6) is 5.75 Å². The van der Waals surface area contributed by atoms with E-state index in [1.807, 2.05) is 33.9 Å². The lowest BCUT2D eigenvalue weighted by molar-refractivity contribution is -0.125. The predicted octanol–water partition coefficient (Wildman–Crippen LogP) is 4.78. The number of ether oxygens (including phenoxy) is 1. The quantitative estimate of drug-likeness (QED) is 0.549. The van der Waals surface area contributed by atoms with E-state index in [0.29, 0.717) is 6.54 Å². The van der Waals surface area contributed by atoms with Crippen molar-refractivity contribution in [3.05, 3.63) is 40.0 Å². The molecule has 1 aliphatic carbocycles. The second-order valence-electron chi connectivity index (χ2n) is 9.32. The van der Waals surface area contributed by atoms with Crippen LogP contribution >= 0.6 is 11.3 Å². The fourth-order valence-electron chi connectivity index (χ4n) is 4.55. The molecule has 2 N–H and O–H groups in total. The normalized spacial score (nSPS) is 16.8. The third-order valence-corrected chi connectivity index (χ3v) is 7.16. The van der Waals surface area contributed by atoms with E-state index in [1.54, 1.807) is 17.7 Å². The van der Waals surface area contributed by atoms with Crippen LogP contribution in [0, 0.1) is 5.92 Å². The minimum atomic E-state index is 0.0133. The molecule has 1 aliphatic heterocycles. The van der Waals surface area contributed by atoms with Crippen LogP contribution in [0.3, 0.4) is 0 Å². The van der Waals surface area contributed by atoms with Gasteiger partial charge in [0, 0.05) is 23.1 Å². The van der Waals surface area contributed by atoms with Gasteiger partial charge >= 0.3 is 0 Å². The van der Waals surface area contributed by atoms with Gasteiger partial charge in [-0.1, -0.05) is 0 Å². The number of thiophene rings is 1. The average molecular weight is 464 g/mol. The minimum Gasteiger partial charge on any atom is -0.489 e. The zero-order valence-electron chi connectivity index (χ0n) is 19.4. The highest BCUT2D eigenvalue weighted by Crippen LogP contribution is 2.42. The molecule has 1 atom stereocenters. The van der Waals surface area contributed by atoms with Crippen LogP contribution in [0.2, 0.25) is 0 Å². The predicted molar refractivity (Wildman–Crippen MR) is 133 cm³/mol. The maximum Gasteiger partial charge on any atom is 0.223 e. The molecule has 3 heterocycles. The maximum atomic E-state index is 12.6. The fourth-order valence-corrected chi connectivity index (χ4v) is 5.81. The Labute approximate surface area is 197 Å². The van der Waals surface area contributed by atoms with E-state index in [2.05, 4.69) is 37.7 Å². The number of aromatic nitrogens is 2. The maximum absolute atomic E-state index is 12.6. The van der Waals surface area contributed by atoms with Crippen molar-refractivity contribution in [2.75, 3.05) is 5.32 Å². The summed E-state index contributed by atoms with van der Waals surface area (Å²) in [5.74, 6) is 1.74. The highest BCUT2D eigenvalue weighted by Gasteiger charge is 2.29. The van der Waals surface area contributed by atoms with Crippen molar-refractivity contribution in [2.45, 2.75) is 65.6 Å². The number of rotatable bonds is 6. The van der Waals surface area contributed by atoms with E-state index in [-0.39, 0.29) is 24.0 Å². The Kier molecular flexibility index (Phi) is 5.78. The van der Waals surface area contributed by atoms with Crippen LogP contribution < -0.4 is 15.4 Å². The van der Waals surface area contributed by atoms with Gasteiger partial charge in [0.25, 0.3) is 0 Å². The van der Waals surface area contributed by atoms with Gasteiger partial charge in [0.1, 0.15) is 22.7 Å². The summed E-state index contributed by atoms with van der Waals surface area (Å²) in [4.78, 5) is 28.3. The monoisotopic (exact) mass is 463 g/mol. The van der Waals surface area contributed by atoms with E-state index >= 15 is 0 Å². The molecule has 33 heavy (non-hydrogen) atoms. The van der Waals surface area contributed by atoms with Gasteiger partial charge in [-0.15, -0.1) is 11.3 Å². The number of carbonyl (C=O) groups excluding carboxylic acids is 1. The second-order valence-corrected chi connectivity index (χ2v) is 10.4. The number of benzene rings is 1. The molecule has 1 amide bonds. The third kappa shape index (κ3) is 4.31. The van der Waals surface area contributed by atoms with E-state index in [4.69, 9.17) is 4.74 Å². The second kappa shape index (κ2) is 8.74. The summed E-state index contributed by atoms with van der Waals surface area (Å²) in [6.07, 6.45) is 6.00. The first-order valence-electron chi connectivity index (χ1n) is 11.5. The first-order valence-corrected chi connectivity index (χ1v) is 12.4. The summed E-state index contributed by atoms with van der Waals surface area (Å²) in [7, 11) is 0. The first kappa shape index (κ1) is 21.8. The molecule has 0 radical (unpaired) electrons. The number of aliphatic imine (C=N–C) groups is 1. The van der Waals surface area contributed by atoms with E-state index in [0.717, 1.165) is 52.3 Å². The summed E-state index contributed by atoms with van der Waals surface area (Å²) < 4.78 is 6.12. The van der Waals surface area contributed by atoms with Crippen LogP contribution in [0.4, 0.5) is 11.5 Å². The van der Waals surface area contributed by atoms with Crippen molar-refractivity contribution in [1.82, 2.24) is 15.3 Å². The molecule has 0 saturated carbocycles. The molecule has 2 aromatic heterocycles. The SMILES string of the molecule is CC(C)NC(=O)C1CCc2c(sc3ncnc(Nc4cc5c(cc4OC(C)C)CN=C5)c23)C1. The number of carbonyl (C=O) groups is 1. The van der Waals surface area contributed by atoms with Crippen LogP contribution in [-0.2, 0) is 24.2 Å². The molecular formula is C25H29N5O2S. The molecule has 0 saturated heterocycles. The van der Waals surface area contributed by atoms with Gasteiger partial charge in [-0.05, 0) is 75.8 Å². The minimum absolute atomic E-state index is 0.0133. The highest BCUT2D eigenvalue weighted by molar-refractivity contribution is 7.19. The lowest BCUT2D eigenvalue weighted by Gasteiger charge is -2.23. The smallest absolute Gasteiger partial charge is 0.223 e. The van der Waals surface area contributed by atoms with Crippen molar-refractivity contribution in [2.24, 2.45) is 10.9 Å². The zero-order chi connectivity index (χ0) is 23.1. The number of hydrogen-bond acceptors (Lipinski definition) is 7. The molecule has 1 aromatic carbocycles. The third-order valence-electron chi connectivity index (χ3n) is 6.00. The average Bonchev–Trinajstić information content (AvgIpc) is 3.36. The standard InChI is InChI=1S/C25H29N5O2S/c1-13(2)29-24(31)15-5-6-18-21(9-15)33-25-22(18)23(27-12-28-25)30-19-7-16-10-26-11-17(16)8-20(19)32-14(3)4/h7-8,10,12-15H,5-6,9,11H2,1-4H3,(H,29,31)(H,27,28,30). The summed E-state index contributed by atoms with van der Waals surface area (Å²) >= 11 is 1.68. The lowest BCUT2D eigenvalue weighted by atomic mass is 9.87. The van der Waals surface area contributed by atoms with Crippen molar-refractivity contribution < 1.29 is 9.53 Å². The van der Waals surface area contributed by atoms with E-state index in [9.17, 15) is 4.79 Å². The summed E-state index contributed by atoms with van der Waals surface area (Å²) in [5, 5.41) is 7.66. The largest absolute Gasteiger partial charge is 0.489 e. The van der Waals surface area contributed by atoms with Crippen molar-refractivity contribution >= 4 is 45.2 Å². The molecule has 5 rings (SSSR count). The molecule has 8 heteroatoms. The Morgan fingerprint density at radius 1 is 1.21 bits per heavy atom.